The molecule has 0 spiro atoms. The van der Waals surface area contributed by atoms with Gasteiger partial charge in [0.2, 0.25) is 5.91 Å². The van der Waals surface area contributed by atoms with E-state index in [2.05, 4.69) is 15.6 Å². The molecule has 138 valence electrons. The number of amides is 1. The van der Waals surface area contributed by atoms with Gasteiger partial charge in [0.05, 0.1) is 13.0 Å². The van der Waals surface area contributed by atoms with Crippen LogP contribution in [0.15, 0.2) is 59.6 Å². The summed E-state index contributed by atoms with van der Waals surface area (Å²) < 4.78 is 12.9. The summed E-state index contributed by atoms with van der Waals surface area (Å²) >= 11 is 0. The summed E-state index contributed by atoms with van der Waals surface area (Å²) in [6.07, 6.45) is 0.239. The molecule has 2 rings (SSSR count). The Labute approximate surface area is 153 Å². The van der Waals surface area contributed by atoms with Gasteiger partial charge in [-0.15, -0.1) is 0 Å². The molecule has 0 saturated heterocycles. The molecule has 2 aromatic carbocycles. The van der Waals surface area contributed by atoms with E-state index in [1.54, 1.807) is 12.1 Å². The number of hydrogen-bond donors (Lipinski definition) is 2. The molecule has 0 heterocycles. The molecular weight excluding hydrogens is 331 g/mol. The minimum Gasteiger partial charge on any atom is -0.354 e. The molecule has 0 fully saturated rings. The minimum absolute atomic E-state index is 0.0916. The summed E-state index contributed by atoms with van der Waals surface area (Å²) in [6, 6.07) is 16.0. The first-order valence-electron chi connectivity index (χ1n) is 8.55. The highest BCUT2D eigenvalue weighted by molar-refractivity contribution is 5.80. The Bertz CT molecular complexity index is 714. The Kier molecular flexibility index (Phi) is 7.61. The Morgan fingerprint density at radius 3 is 2.27 bits per heavy atom. The summed E-state index contributed by atoms with van der Waals surface area (Å²) in [5.41, 5.74) is 1.93. The zero-order valence-corrected chi connectivity index (χ0v) is 15.2. The normalized spacial score (nSPS) is 11.1. The van der Waals surface area contributed by atoms with E-state index in [1.165, 1.54) is 12.1 Å². The van der Waals surface area contributed by atoms with Crippen molar-refractivity contribution in [2.75, 3.05) is 27.2 Å². The van der Waals surface area contributed by atoms with Crippen molar-refractivity contribution < 1.29 is 9.18 Å². The van der Waals surface area contributed by atoms with Gasteiger partial charge in [-0.05, 0) is 23.3 Å². The second-order valence-electron chi connectivity index (χ2n) is 6.10. The first kappa shape index (κ1) is 19.4. The lowest BCUT2D eigenvalue weighted by Crippen LogP contribution is -2.41. The number of nitrogens with one attached hydrogen (secondary N) is 2. The van der Waals surface area contributed by atoms with E-state index >= 15 is 0 Å². The van der Waals surface area contributed by atoms with Gasteiger partial charge in [0.1, 0.15) is 5.82 Å². The molecule has 2 N–H and O–H groups in total. The monoisotopic (exact) mass is 356 g/mol. The van der Waals surface area contributed by atoms with Crippen molar-refractivity contribution in [2.24, 2.45) is 4.99 Å². The summed E-state index contributed by atoms with van der Waals surface area (Å²) in [5.74, 6) is 0.372. The summed E-state index contributed by atoms with van der Waals surface area (Å²) in [4.78, 5) is 18.4. The summed E-state index contributed by atoms with van der Waals surface area (Å²) in [5, 5.41) is 6.07. The molecule has 0 aliphatic carbocycles. The average Bonchev–Trinajstić information content (AvgIpc) is 2.63. The standard InChI is InChI=1S/C20H25FN4O/c1-25(2)20(24-15-17-6-4-3-5-7-17)23-13-12-22-19(26)14-16-8-10-18(21)11-9-16/h3-11H,12-15H2,1-2H3,(H,22,26)(H,23,24). The molecule has 2 aromatic rings. The molecule has 0 radical (unpaired) electrons. The van der Waals surface area contributed by atoms with E-state index in [0.29, 0.717) is 19.6 Å². The zero-order chi connectivity index (χ0) is 18.8. The fourth-order valence-corrected chi connectivity index (χ4v) is 2.33. The van der Waals surface area contributed by atoms with Crippen LogP contribution in [0.25, 0.3) is 0 Å². The summed E-state index contributed by atoms with van der Waals surface area (Å²) in [7, 11) is 3.84. The van der Waals surface area contributed by atoms with Gasteiger partial charge >= 0.3 is 0 Å². The highest BCUT2D eigenvalue weighted by Crippen LogP contribution is 2.03. The summed E-state index contributed by atoms with van der Waals surface area (Å²) in [6.45, 7) is 1.65. The van der Waals surface area contributed by atoms with Gasteiger partial charge in [-0.25, -0.2) is 9.38 Å². The predicted molar refractivity (Wildman–Crippen MR) is 102 cm³/mol. The minimum atomic E-state index is -0.302. The smallest absolute Gasteiger partial charge is 0.224 e. The third kappa shape index (κ3) is 6.93. The molecule has 5 nitrogen and oxygen atoms in total. The maximum Gasteiger partial charge on any atom is 0.224 e. The fraction of sp³-hybridized carbons (Fsp3) is 0.300. The second-order valence-corrected chi connectivity index (χ2v) is 6.10. The van der Waals surface area contributed by atoms with E-state index in [-0.39, 0.29) is 18.1 Å². The van der Waals surface area contributed by atoms with Crippen LogP contribution in [0, 0.1) is 5.82 Å². The van der Waals surface area contributed by atoms with Gasteiger partial charge in [0, 0.05) is 27.2 Å². The number of benzene rings is 2. The molecule has 0 aliphatic rings. The van der Waals surface area contributed by atoms with Gasteiger partial charge in [-0.2, -0.15) is 0 Å². The zero-order valence-electron chi connectivity index (χ0n) is 15.2. The predicted octanol–water partition coefficient (Wildman–Crippen LogP) is 2.19. The molecule has 26 heavy (non-hydrogen) atoms. The van der Waals surface area contributed by atoms with Crippen LogP contribution in [-0.2, 0) is 17.8 Å². The highest BCUT2D eigenvalue weighted by Gasteiger charge is 2.04. The van der Waals surface area contributed by atoms with Crippen LogP contribution in [0.4, 0.5) is 4.39 Å². The number of guanidine groups is 1. The van der Waals surface area contributed by atoms with Crippen molar-refractivity contribution in [1.29, 1.82) is 0 Å². The van der Waals surface area contributed by atoms with Crippen LogP contribution in [0.1, 0.15) is 11.1 Å². The molecule has 0 aliphatic heterocycles. The van der Waals surface area contributed by atoms with Gasteiger partial charge in [0.25, 0.3) is 0 Å². The van der Waals surface area contributed by atoms with E-state index in [9.17, 15) is 9.18 Å². The quantitative estimate of drug-likeness (QED) is 0.454. The molecule has 0 aromatic heterocycles. The number of carbonyl (C=O) groups excluding carboxylic acids is 1. The topological polar surface area (TPSA) is 56.7 Å². The number of rotatable bonds is 7. The van der Waals surface area contributed by atoms with Crippen LogP contribution >= 0.6 is 0 Å². The van der Waals surface area contributed by atoms with Crippen LogP contribution in [0.3, 0.4) is 0 Å². The number of halogens is 1. The molecule has 0 bridgehead atoms. The molecular formula is C20H25FN4O. The maximum absolute atomic E-state index is 12.9. The Balaban J connectivity index is 1.73. The van der Waals surface area contributed by atoms with Crippen LogP contribution in [-0.4, -0.2) is 44.0 Å². The first-order chi connectivity index (χ1) is 12.5. The van der Waals surface area contributed by atoms with E-state index in [1.807, 2.05) is 49.3 Å². The number of nitrogens with zero attached hydrogens (tertiary/aromatic N) is 2. The van der Waals surface area contributed by atoms with E-state index in [4.69, 9.17) is 0 Å². The van der Waals surface area contributed by atoms with Crippen molar-refractivity contribution in [3.8, 4) is 0 Å². The highest BCUT2D eigenvalue weighted by atomic mass is 19.1. The van der Waals surface area contributed by atoms with Crippen molar-refractivity contribution in [3.63, 3.8) is 0 Å². The third-order valence-electron chi connectivity index (χ3n) is 3.69. The van der Waals surface area contributed by atoms with Crippen molar-refractivity contribution in [2.45, 2.75) is 13.0 Å². The first-order valence-corrected chi connectivity index (χ1v) is 8.55. The molecule has 6 heteroatoms. The SMILES string of the molecule is CN(C)C(=NCc1ccccc1)NCCNC(=O)Cc1ccc(F)cc1. The number of carbonyl (C=O) groups is 1. The number of hydrogen-bond acceptors (Lipinski definition) is 2. The molecule has 1 amide bonds. The largest absolute Gasteiger partial charge is 0.354 e. The number of aliphatic imine (C=N–C) groups is 1. The Hall–Kier alpha value is -2.89. The lowest BCUT2D eigenvalue weighted by molar-refractivity contribution is -0.120. The second kappa shape index (κ2) is 10.2. The van der Waals surface area contributed by atoms with Gasteiger partial charge in [-0.1, -0.05) is 42.5 Å². The van der Waals surface area contributed by atoms with Crippen molar-refractivity contribution in [3.05, 3.63) is 71.5 Å². The lowest BCUT2D eigenvalue weighted by Gasteiger charge is -2.18. The van der Waals surface area contributed by atoms with Crippen LogP contribution in [0.2, 0.25) is 0 Å². The van der Waals surface area contributed by atoms with E-state index < -0.39 is 0 Å². The van der Waals surface area contributed by atoms with Gasteiger partial charge < -0.3 is 15.5 Å². The Morgan fingerprint density at radius 2 is 1.62 bits per heavy atom. The molecule has 0 atom stereocenters. The van der Waals surface area contributed by atoms with Crippen molar-refractivity contribution >= 4 is 11.9 Å². The maximum atomic E-state index is 12.9. The lowest BCUT2D eigenvalue weighted by atomic mass is 10.1. The average molecular weight is 356 g/mol. The Morgan fingerprint density at radius 1 is 0.962 bits per heavy atom. The van der Waals surface area contributed by atoms with E-state index in [0.717, 1.165) is 17.1 Å². The molecule has 0 unspecified atom stereocenters. The van der Waals surface area contributed by atoms with Crippen LogP contribution < -0.4 is 10.6 Å². The third-order valence-corrected chi connectivity index (χ3v) is 3.69. The van der Waals surface area contributed by atoms with Crippen LogP contribution in [0.5, 0.6) is 0 Å². The fourth-order valence-electron chi connectivity index (χ4n) is 2.33. The van der Waals surface area contributed by atoms with Gasteiger partial charge in [-0.3, -0.25) is 4.79 Å². The molecule has 0 saturated carbocycles. The van der Waals surface area contributed by atoms with Crippen molar-refractivity contribution in [1.82, 2.24) is 15.5 Å². The van der Waals surface area contributed by atoms with Gasteiger partial charge in [0.15, 0.2) is 5.96 Å².